The number of benzene rings is 1. The monoisotopic (exact) mass is 398 g/mol. The van der Waals surface area contributed by atoms with Gasteiger partial charge in [-0.25, -0.2) is 0 Å². The van der Waals surface area contributed by atoms with E-state index < -0.39 is 0 Å². The minimum atomic E-state index is 0.602. The summed E-state index contributed by atoms with van der Waals surface area (Å²) in [6, 6.07) is 8.21. The molecule has 0 amide bonds. The lowest BCUT2D eigenvalue weighted by atomic mass is 10.0. The zero-order valence-electron chi connectivity index (χ0n) is 10.3. The van der Waals surface area contributed by atoms with Crippen molar-refractivity contribution in [3.63, 3.8) is 0 Å². The molecule has 0 spiro atoms. The molecule has 0 saturated heterocycles. The van der Waals surface area contributed by atoms with E-state index in [9.17, 15) is 0 Å². The predicted molar refractivity (Wildman–Crippen MR) is 88.3 cm³/mol. The Hall–Kier alpha value is -0.830. The van der Waals surface area contributed by atoms with E-state index >= 15 is 0 Å². The van der Waals surface area contributed by atoms with Crippen LogP contribution in [0.1, 0.15) is 23.8 Å². The molecule has 0 saturated carbocycles. The van der Waals surface area contributed by atoms with Crippen molar-refractivity contribution in [1.29, 1.82) is 5.26 Å². The van der Waals surface area contributed by atoms with Crippen LogP contribution in [0.2, 0.25) is 0 Å². The van der Waals surface area contributed by atoms with E-state index in [0.29, 0.717) is 10.6 Å². The summed E-state index contributed by atoms with van der Waals surface area (Å²) in [5.74, 6) is 0. The third-order valence-electron chi connectivity index (χ3n) is 2.82. The second kappa shape index (κ2) is 6.08. The predicted octanol–water partition coefficient (Wildman–Crippen LogP) is 5.35. The number of nitrogens with two attached hydrogens (primary N) is 1. The van der Waals surface area contributed by atoms with E-state index in [1.165, 1.54) is 11.3 Å². The fourth-order valence-electron chi connectivity index (χ4n) is 1.95. The van der Waals surface area contributed by atoms with Crippen molar-refractivity contribution in [3.8, 4) is 16.5 Å². The molecule has 0 aliphatic heterocycles. The molecule has 0 fully saturated rings. The van der Waals surface area contributed by atoms with Crippen LogP contribution >= 0.6 is 43.2 Å². The smallest absolute Gasteiger partial charge is 0.128 e. The molecular weight excluding hydrogens is 388 g/mol. The summed E-state index contributed by atoms with van der Waals surface area (Å²) in [6.07, 6.45) is 1.89. The molecule has 2 rings (SSSR count). The van der Waals surface area contributed by atoms with Crippen molar-refractivity contribution >= 4 is 48.9 Å². The molecule has 0 radical (unpaired) electrons. The van der Waals surface area contributed by atoms with Crippen LogP contribution in [0.25, 0.3) is 10.4 Å². The van der Waals surface area contributed by atoms with Crippen LogP contribution in [-0.2, 0) is 6.42 Å². The number of nitrogen functional groups attached to an aromatic ring is 1. The van der Waals surface area contributed by atoms with Crippen molar-refractivity contribution in [2.75, 3.05) is 5.73 Å². The zero-order chi connectivity index (χ0) is 14.0. The molecule has 0 aliphatic rings. The van der Waals surface area contributed by atoms with Crippen LogP contribution < -0.4 is 5.73 Å². The number of rotatable bonds is 3. The average Bonchev–Trinajstić information content (AvgIpc) is 2.70. The maximum atomic E-state index is 9.15. The Labute approximate surface area is 133 Å². The largest absolute Gasteiger partial charge is 0.397 e. The number of thiophene rings is 1. The highest BCUT2D eigenvalue weighted by atomic mass is 79.9. The molecule has 1 heterocycles. The van der Waals surface area contributed by atoms with Crippen LogP contribution in [0.4, 0.5) is 5.69 Å². The molecule has 2 aromatic rings. The normalized spacial score (nSPS) is 10.4. The highest BCUT2D eigenvalue weighted by Crippen LogP contribution is 2.42. The Morgan fingerprint density at radius 3 is 2.74 bits per heavy atom. The number of nitriles is 1. The fourth-order valence-corrected chi connectivity index (χ4v) is 3.98. The van der Waals surface area contributed by atoms with Gasteiger partial charge in [0.15, 0.2) is 0 Å². The lowest BCUT2D eigenvalue weighted by molar-refractivity contribution is 0.930. The van der Waals surface area contributed by atoms with E-state index in [1.54, 1.807) is 0 Å². The lowest BCUT2D eigenvalue weighted by Crippen LogP contribution is -1.93. The highest BCUT2D eigenvalue weighted by Gasteiger charge is 2.18. The summed E-state index contributed by atoms with van der Waals surface area (Å²) in [6.45, 7) is 2.11. The topological polar surface area (TPSA) is 49.8 Å². The Morgan fingerprint density at radius 2 is 2.11 bits per heavy atom. The molecular formula is C14H12Br2N2S. The molecule has 98 valence electrons. The van der Waals surface area contributed by atoms with Crippen LogP contribution in [0.3, 0.4) is 0 Å². The maximum Gasteiger partial charge on any atom is 0.128 e. The van der Waals surface area contributed by atoms with Gasteiger partial charge in [-0.2, -0.15) is 5.26 Å². The van der Waals surface area contributed by atoms with E-state index in [2.05, 4.69) is 50.9 Å². The van der Waals surface area contributed by atoms with Gasteiger partial charge in [0, 0.05) is 19.4 Å². The van der Waals surface area contributed by atoms with Gasteiger partial charge in [-0.15, -0.1) is 11.3 Å². The number of anilines is 1. The van der Waals surface area contributed by atoms with Gasteiger partial charge in [0.05, 0.1) is 5.69 Å². The minimum absolute atomic E-state index is 0.602. The molecule has 0 aliphatic carbocycles. The highest BCUT2D eigenvalue weighted by molar-refractivity contribution is 9.11. The van der Waals surface area contributed by atoms with Gasteiger partial charge in [0.1, 0.15) is 10.9 Å². The summed E-state index contributed by atoms with van der Waals surface area (Å²) < 4.78 is 2.03. The van der Waals surface area contributed by atoms with Gasteiger partial charge in [0.2, 0.25) is 0 Å². The van der Waals surface area contributed by atoms with Gasteiger partial charge in [0.25, 0.3) is 0 Å². The molecule has 0 atom stereocenters. The molecule has 2 N–H and O–H groups in total. The van der Waals surface area contributed by atoms with Gasteiger partial charge < -0.3 is 5.73 Å². The zero-order valence-corrected chi connectivity index (χ0v) is 14.3. The first-order chi connectivity index (χ1) is 9.08. The van der Waals surface area contributed by atoms with Crippen LogP contribution in [0.5, 0.6) is 0 Å². The van der Waals surface area contributed by atoms with Gasteiger partial charge >= 0.3 is 0 Å². The third-order valence-corrected chi connectivity index (χ3v) is 5.19. The van der Waals surface area contributed by atoms with Gasteiger partial charge in [-0.05, 0) is 30.2 Å². The first kappa shape index (κ1) is 14.6. The Balaban J connectivity index is 2.67. The van der Waals surface area contributed by atoms with Crippen molar-refractivity contribution in [3.05, 3.63) is 37.6 Å². The number of halogens is 2. The van der Waals surface area contributed by atoms with Crippen LogP contribution in [0.15, 0.2) is 27.1 Å². The quantitative estimate of drug-likeness (QED) is 0.756. The lowest BCUT2D eigenvalue weighted by Gasteiger charge is -2.07. The second-order valence-electron chi connectivity index (χ2n) is 4.14. The molecule has 0 unspecified atom stereocenters. The summed E-state index contributed by atoms with van der Waals surface area (Å²) in [7, 11) is 0. The number of hydrogen-bond acceptors (Lipinski definition) is 3. The molecule has 19 heavy (non-hydrogen) atoms. The van der Waals surface area contributed by atoms with Crippen LogP contribution in [0, 0.1) is 11.3 Å². The first-order valence-corrected chi connectivity index (χ1v) is 8.25. The standard InChI is InChI=1S/C14H12Br2N2S/c1-2-3-9-13(18)12(7-17)19-14(9)10-6-8(15)4-5-11(10)16/h4-6H,2-3,18H2,1H3. The third kappa shape index (κ3) is 2.86. The number of hydrogen-bond donors (Lipinski definition) is 1. The van der Waals surface area contributed by atoms with E-state index in [1.807, 2.05) is 12.1 Å². The molecule has 1 aromatic heterocycles. The van der Waals surface area contributed by atoms with Crippen molar-refractivity contribution in [2.45, 2.75) is 19.8 Å². The van der Waals surface area contributed by atoms with Crippen molar-refractivity contribution < 1.29 is 0 Å². The summed E-state index contributed by atoms with van der Waals surface area (Å²) in [5, 5.41) is 9.15. The van der Waals surface area contributed by atoms with Gasteiger partial charge in [-0.3, -0.25) is 0 Å². The Morgan fingerprint density at radius 1 is 1.37 bits per heavy atom. The van der Waals surface area contributed by atoms with E-state index in [-0.39, 0.29) is 0 Å². The number of nitrogens with zero attached hydrogens (tertiary/aromatic N) is 1. The Bertz CT molecular complexity index is 656. The van der Waals surface area contributed by atoms with E-state index in [0.717, 1.165) is 37.8 Å². The van der Waals surface area contributed by atoms with Crippen LogP contribution in [-0.4, -0.2) is 0 Å². The van der Waals surface area contributed by atoms with Crippen molar-refractivity contribution in [2.24, 2.45) is 0 Å². The van der Waals surface area contributed by atoms with E-state index in [4.69, 9.17) is 11.0 Å². The average molecular weight is 400 g/mol. The minimum Gasteiger partial charge on any atom is -0.397 e. The molecule has 2 nitrogen and oxygen atoms in total. The maximum absolute atomic E-state index is 9.15. The molecule has 5 heteroatoms. The Kier molecular flexibility index (Phi) is 4.67. The second-order valence-corrected chi connectivity index (χ2v) is 6.93. The molecule has 1 aromatic carbocycles. The first-order valence-electron chi connectivity index (χ1n) is 5.85. The van der Waals surface area contributed by atoms with Gasteiger partial charge in [-0.1, -0.05) is 45.2 Å². The fraction of sp³-hybridized carbons (Fsp3) is 0.214. The SMILES string of the molecule is CCCc1c(-c2cc(Br)ccc2Br)sc(C#N)c1N. The summed E-state index contributed by atoms with van der Waals surface area (Å²) >= 11 is 8.52. The molecule has 0 bridgehead atoms. The summed E-state index contributed by atoms with van der Waals surface area (Å²) in [4.78, 5) is 1.69. The summed E-state index contributed by atoms with van der Waals surface area (Å²) in [5.41, 5.74) is 8.89. The van der Waals surface area contributed by atoms with Crippen molar-refractivity contribution in [1.82, 2.24) is 0 Å².